The highest BCUT2D eigenvalue weighted by molar-refractivity contribution is 5.84. The van der Waals surface area contributed by atoms with Crippen LogP contribution in [-0.2, 0) is 23.9 Å². The number of carbonyl (C=O) groups excluding carboxylic acids is 3. The van der Waals surface area contributed by atoms with Crippen LogP contribution in [0.2, 0.25) is 0 Å². The largest absolute Gasteiger partial charge is 0.467 e. The summed E-state index contributed by atoms with van der Waals surface area (Å²) in [6.45, 7) is 4.02. The Morgan fingerprint density at radius 1 is 0.839 bits per heavy atom. The fourth-order valence-electron chi connectivity index (χ4n) is 3.65. The van der Waals surface area contributed by atoms with Gasteiger partial charge in [0.15, 0.2) is 0 Å². The summed E-state index contributed by atoms with van der Waals surface area (Å²) in [6.07, 6.45) is 14.9. The van der Waals surface area contributed by atoms with Gasteiger partial charge in [0, 0.05) is 6.92 Å². The summed E-state index contributed by atoms with van der Waals surface area (Å²) in [5.74, 6) is -1.20. The van der Waals surface area contributed by atoms with Crippen molar-refractivity contribution in [1.82, 2.24) is 5.32 Å². The molecule has 0 heterocycles. The van der Waals surface area contributed by atoms with Gasteiger partial charge in [-0.25, -0.2) is 4.79 Å². The van der Waals surface area contributed by atoms with Crippen LogP contribution in [0.15, 0.2) is 0 Å². The Balaban J connectivity index is 4.17. The molecule has 0 unspecified atom stereocenters. The molecule has 0 aromatic carbocycles. The summed E-state index contributed by atoms with van der Waals surface area (Å²) in [5.41, 5.74) is 5.49. The molecular weight excluding hydrogens is 396 g/mol. The molecule has 7 heteroatoms. The predicted molar refractivity (Wildman–Crippen MR) is 123 cm³/mol. The lowest BCUT2D eigenvalue weighted by atomic mass is 10.0. The van der Waals surface area contributed by atoms with Crippen molar-refractivity contribution in [2.45, 2.75) is 122 Å². The molecule has 0 spiro atoms. The second kappa shape index (κ2) is 20.3. The molecule has 0 aliphatic rings. The number of hydrogen-bond donors (Lipinski definition) is 2. The molecular formula is C24H46N2O5. The minimum Gasteiger partial charge on any atom is -0.467 e. The van der Waals surface area contributed by atoms with Crippen molar-refractivity contribution in [1.29, 1.82) is 0 Å². The minimum absolute atomic E-state index is 0.0491. The molecule has 0 radical (unpaired) electrons. The van der Waals surface area contributed by atoms with Crippen LogP contribution in [0, 0.1) is 0 Å². The maximum atomic E-state index is 12.4. The van der Waals surface area contributed by atoms with Crippen LogP contribution in [0.3, 0.4) is 0 Å². The van der Waals surface area contributed by atoms with Crippen LogP contribution < -0.4 is 11.1 Å². The standard InChI is InChI=1S/C24H46N2O5/c1-4-5-6-7-8-9-10-11-12-13-14-16-21(31-20(2)27)19-23(28)26-22(17-15-18-25)24(29)30-3/h21-22H,4-19,25H2,1-3H3,(H,26,28)/t21-,22+/m1/s1. The van der Waals surface area contributed by atoms with E-state index in [0.29, 0.717) is 25.8 Å². The van der Waals surface area contributed by atoms with Crippen molar-refractivity contribution < 1.29 is 23.9 Å². The van der Waals surface area contributed by atoms with Crippen LogP contribution in [0.1, 0.15) is 110 Å². The molecule has 0 aromatic rings. The fourth-order valence-corrected chi connectivity index (χ4v) is 3.65. The number of esters is 2. The summed E-state index contributed by atoms with van der Waals surface area (Å²) in [7, 11) is 1.29. The maximum absolute atomic E-state index is 12.4. The van der Waals surface area contributed by atoms with Crippen LogP contribution >= 0.6 is 0 Å². The van der Waals surface area contributed by atoms with Gasteiger partial charge in [0.1, 0.15) is 12.1 Å². The number of unbranched alkanes of at least 4 members (excludes halogenated alkanes) is 10. The number of nitrogens with two attached hydrogens (primary N) is 1. The summed E-state index contributed by atoms with van der Waals surface area (Å²) < 4.78 is 10.1. The summed E-state index contributed by atoms with van der Waals surface area (Å²) >= 11 is 0. The van der Waals surface area contributed by atoms with E-state index in [0.717, 1.165) is 19.3 Å². The first-order valence-electron chi connectivity index (χ1n) is 12.2. The number of amides is 1. The molecule has 0 saturated heterocycles. The van der Waals surface area contributed by atoms with Crippen molar-refractivity contribution in [2.24, 2.45) is 5.73 Å². The van der Waals surface area contributed by atoms with E-state index in [9.17, 15) is 14.4 Å². The molecule has 3 N–H and O–H groups in total. The van der Waals surface area contributed by atoms with Crippen LogP contribution in [0.4, 0.5) is 0 Å². The molecule has 0 rings (SSSR count). The molecule has 0 saturated carbocycles. The summed E-state index contributed by atoms with van der Waals surface area (Å²) in [6, 6.07) is -0.721. The molecule has 0 bridgehead atoms. The van der Waals surface area contributed by atoms with Crippen molar-refractivity contribution >= 4 is 17.8 Å². The lowest BCUT2D eigenvalue weighted by molar-refractivity contribution is -0.150. The van der Waals surface area contributed by atoms with Gasteiger partial charge in [0.05, 0.1) is 13.5 Å². The Morgan fingerprint density at radius 3 is 1.87 bits per heavy atom. The predicted octanol–water partition coefficient (Wildman–Crippen LogP) is 4.41. The second-order valence-corrected chi connectivity index (χ2v) is 8.33. The van der Waals surface area contributed by atoms with E-state index in [2.05, 4.69) is 12.2 Å². The van der Waals surface area contributed by atoms with Gasteiger partial charge in [-0.3, -0.25) is 9.59 Å². The Morgan fingerprint density at radius 2 is 1.39 bits per heavy atom. The first kappa shape index (κ1) is 29.4. The van der Waals surface area contributed by atoms with Gasteiger partial charge >= 0.3 is 11.9 Å². The molecule has 2 atom stereocenters. The Bertz CT molecular complexity index is 485. The van der Waals surface area contributed by atoms with Gasteiger partial charge in [0.2, 0.25) is 5.91 Å². The van der Waals surface area contributed by atoms with Gasteiger partial charge in [-0.1, -0.05) is 71.1 Å². The average Bonchev–Trinajstić information content (AvgIpc) is 2.73. The molecule has 0 aliphatic carbocycles. The van der Waals surface area contributed by atoms with Crippen molar-refractivity contribution in [3.63, 3.8) is 0 Å². The molecule has 0 aliphatic heterocycles. The minimum atomic E-state index is -0.721. The Kier molecular flexibility index (Phi) is 19.2. The van der Waals surface area contributed by atoms with Crippen molar-refractivity contribution in [3.8, 4) is 0 Å². The number of rotatable bonds is 20. The highest BCUT2D eigenvalue weighted by atomic mass is 16.5. The van der Waals surface area contributed by atoms with E-state index in [1.165, 1.54) is 65.4 Å². The third-order valence-electron chi connectivity index (χ3n) is 5.39. The number of methoxy groups -OCH3 is 1. The van der Waals surface area contributed by atoms with Gasteiger partial charge in [0.25, 0.3) is 0 Å². The summed E-state index contributed by atoms with van der Waals surface area (Å²) in [4.78, 5) is 35.6. The van der Waals surface area contributed by atoms with E-state index in [1.807, 2.05) is 0 Å². The van der Waals surface area contributed by atoms with Crippen molar-refractivity contribution in [2.75, 3.05) is 13.7 Å². The Labute approximate surface area is 189 Å². The first-order chi connectivity index (χ1) is 14.9. The monoisotopic (exact) mass is 442 g/mol. The van der Waals surface area contributed by atoms with E-state index in [-0.39, 0.29) is 12.3 Å². The van der Waals surface area contributed by atoms with E-state index in [4.69, 9.17) is 15.2 Å². The second-order valence-electron chi connectivity index (χ2n) is 8.33. The third-order valence-corrected chi connectivity index (χ3v) is 5.39. The normalized spacial score (nSPS) is 12.8. The first-order valence-corrected chi connectivity index (χ1v) is 12.2. The fraction of sp³-hybridized carbons (Fsp3) is 0.875. The topological polar surface area (TPSA) is 108 Å². The zero-order valence-corrected chi connectivity index (χ0v) is 20.1. The highest BCUT2D eigenvalue weighted by Gasteiger charge is 2.23. The van der Waals surface area contributed by atoms with Gasteiger partial charge in [-0.15, -0.1) is 0 Å². The SMILES string of the molecule is CCCCCCCCCCCCC[C@H](CC(=O)N[C@@H](CCCN)C(=O)OC)OC(C)=O. The zero-order valence-electron chi connectivity index (χ0n) is 20.1. The number of nitrogens with one attached hydrogen (secondary N) is 1. The number of carbonyl (C=O) groups is 3. The number of ether oxygens (including phenoxy) is 2. The molecule has 0 aromatic heterocycles. The lowest BCUT2D eigenvalue weighted by Gasteiger charge is -2.20. The molecule has 0 fully saturated rings. The van der Waals surface area contributed by atoms with Crippen LogP contribution in [0.5, 0.6) is 0 Å². The zero-order chi connectivity index (χ0) is 23.3. The molecule has 7 nitrogen and oxygen atoms in total. The number of hydrogen-bond acceptors (Lipinski definition) is 6. The van der Waals surface area contributed by atoms with E-state index in [1.54, 1.807) is 0 Å². The van der Waals surface area contributed by atoms with E-state index < -0.39 is 24.1 Å². The average molecular weight is 443 g/mol. The molecule has 1 amide bonds. The smallest absolute Gasteiger partial charge is 0.328 e. The van der Waals surface area contributed by atoms with E-state index >= 15 is 0 Å². The van der Waals surface area contributed by atoms with Gasteiger partial charge < -0.3 is 20.5 Å². The van der Waals surface area contributed by atoms with Gasteiger partial charge in [-0.2, -0.15) is 0 Å². The van der Waals surface area contributed by atoms with Gasteiger partial charge in [-0.05, 0) is 32.2 Å². The Hall–Kier alpha value is -1.63. The van der Waals surface area contributed by atoms with Crippen LogP contribution in [-0.4, -0.2) is 43.6 Å². The highest BCUT2D eigenvalue weighted by Crippen LogP contribution is 2.15. The third kappa shape index (κ3) is 17.7. The summed E-state index contributed by atoms with van der Waals surface area (Å²) in [5, 5.41) is 2.69. The maximum Gasteiger partial charge on any atom is 0.328 e. The molecule has 31 heavy (non-hydrogen) atoms. The van der Waals surface area contributed by atoms with Crippen LogP contribution in [0.25, 0.3) is 0 Å². The van der Waals surface area contributed by atoms with Crippen molar-refractivity contribution in [3.05, 3.63) is 0 Å². The lowest BCUT2D eigenvalue weighted by Crippen LogP contribution is -2.43. The quantitative estimate of drug-likeness (QED) is 0.214. The molecule has 182 valence electrons.